The predicted octanol–water partition coefficient (Wildman–Crippen LogP) is -3.59. The monoisotopic (exact) mass is 662 g/mol. The van der Waals surface area contributed by atoms with E-state index >= 15 is 0 Å². The molecule has 13 heteroatoms. The van der Waals surface area contributed by atoms with E-state index in [0.717, 1.165) is 11.4 Å². The first-order valence-corrected chi connectivity index (χ1v) is 9.96. The number of amides is 2. The number of rotatable bonds is 6. The third-order valence-electron chi connectivity index (χ3n) is 3.75. The van der Waals surface area contributed by atoms with E-state index in [1.807, 2.05) is 38.0 Å². The third-order valence-corrected chi connectivity index (χ3v) is 3.75. The van der Waals surface area contributed by atoms with Crippen molar-refractivity contribution in [1.29, 1.82) is 0 Å². The van der Waals surface area contributed by atoms with Gasteiger partial charge in [0, 0.05) is 53.7 Å². The average molecular weight is 665 g/mol. The summed E-state index contributed by atoms with van der Waals surface area (Å²) in [4.78, 5) is 37.9. The van der Waals surface area contributed by atoms with Gasteiger partial charge < -0.3 is 63.0 Å². The number of carbonyl (C=O) groups excluding carboxylic acids is 2. The second-order valence-electron chi connectivity index (χ2n) is 7.90. The quantitative estimate of drug-likeness (QED) is 0.293. The first-order valence-electron chi connectivity index (χ1n) is 9.96. The number of ether oxygens (including phenoxy) is 2. The Morgan fingerprint density at radius 1 is 0.686 bits per heavy atom. The second-order valence-corrected chi connectivity index (χ2v) is 7.90. The fourth-order valence-electron chi connectivity index (χ4n) is 2.24. The number of halogens is 2. The summed E-state index contributed by atoms with van der Waals surface area (Å²) in [5, 5.41) is 0. The van der Waals surface area contributed by atoms with Gasteiger partial charge in [0.05, 0.1) is 11.4 Å². The van der Waals surface area contributed by atoms with E-state index in [4.69, 9.17) is 9.47 Å². The maximum Gasteiger partial charge on any atom is 2.00 e. The van der Waals surface area contributed by atoms with Crippen LogP contribution in [-0.4, -0.2) is 98.1 Å². The second kappa shape index (κ2) is 19.4. The summed E-state index contributed by atoms with van der Waals surface area (Å²) in [7, 11) is 14.3. The number of hydrogen-bond donors (Lipinski definition) is 0. The molecule has 0 aliphatic rings. The van der Waals surface area contributed by atoms with Crippen molar-refractivity contribution < 1.29 is 69.5 Å². The van der Waals surface area contributed by atoms with Crippen LogP contribution in [-0.2, 0) is 29.6 Å². The standard InChI is InChI=1S/2C11H17N3O2.2BrH.Ni/c2*1-13(2)8-9-10(6-5-7-12-9)16-11(15)14(3)4;;;/h2*5-7H,8H2,1-4H3;2*1H;/q;;;;+2/p-2. The van der Waals surface area contributed by atoms with E-state index < -0.39 is 12.2 Å². The van der Waals surface area contributed by atoms with Gasteiger partial charge in [-0.1, -0.05) is 0 Å². The molecule has 0 aromatic carbocycles. The zero-order valence-corrected chi connectivity index (χ0v) is 25.4. The van der Waals surface area contributed by atoms with E-state index in [2.05, 4.69) is 9.97 Å². The van der Waals surface area contributed by atoms with Crippen LogP contribution < -0.4 is 43.4 Å². The zero-order valence-electron chi connectivity index (χ0n) is 21.3. The average Bonchev–Trinajstić information content (AvgIpc) is 2.70. The van der Waals surface area contributed by atoms with Crippen LogP contribution in [0.25, 0.3) is 0 Å². The van der Waals surface area contributed by atoms with Crippen molar-refractivity contribution in [2.75, 3.05) is 56.4 Å². The number of nitrogens with zero attached hydrogens (tertiary/aromatic N) is 6. The molecular formula is C22H34Br2N6NiO4. The molecule has 0 saturated carbocycles. The topological polar surface area (TPSA) is 91.3 Å². The summed E-state index contributed by atoms with van der Waals surface area (Å²) in [6.45, 7) is 1.27. The van der Waals surface area contributed by atoms with Crippen LogP contribution in [0.2, 0.25) is 0 Å². The fourth-order valence-corrected chi connectivity index (χ4v) is 2.24. The van der Waals surface area contributed by atoms with E-state index in [-0.39, 0.29) is 50.5 Å². The van der Waals surface area contributed by atoms with Gasteiger partial charge in [0.25, 0.3) is 0 Å². The Balaban J connectivity index is -0.000000539. The SMILES string of the molecule is CN(C)Cc1ncccc1OC(=O)N(C)C.CN(C)Cc1ncccc1OC(=O)N(C)C.[Br-].[Br-].[Ni+2]. The van der Waals surface area contributed by atoms with Crippen molar-refractivity contribution in [2.45, 2.75) is 13.1 Å². The summed E-state index contributed by atoms with van der Waals surface area (Å²) in [5.74, 6) is 1.02. The molecule has 0 unspecified atom stereocenters. The first-order chi connectivity index (χ1) is 15.0. The van der Waals surface area contributed by atoms with Crippen molar-refractivity contribution >= 4 is 12.2 Å². The van der Waals surface area contributed by atoms with Crippen LogP contribution in [0.4, 0.5) is 9.59 Å². The molecule has 0 spiro atoms. The summed E-state index contributed by atoms with van der Waals surface area (Å²) in [5.41, 5.74) is 1.50. The van der Waals surface area contributed by atoms with E-state index in [1.54, 1.807) is 64.8 Å². The maximum atomic E-state index is 11.4. The van der Waals surface area contributed by atoms with Crippen LogP contribution in [0.15, 0.2) is 36.7 Å². The normalized spacial score (nSPS) is 9.43. The van der Waals surface area contributed by atoms with Crippen molar-refractivity contribution in [3.8, 4) is 11.5 Å². The van der Waals surface area contributed by atoms with Crippen LogP contribution in [0.3, 0.4) is 0 Å². The van der Waals surface area contributed by atoms with Gasteiger partial charge in [-0.25, -0.2) is 9.59 Å². The van der Waals surface area contributed by atoms with Gasteiger partial charge in [0.2, 0.25) is 0 Å². The van der Waals surface area contributed by atoms with Gasteiger partial charge in [0.15, 0.2) is 11.5 Å². The third kappa shape index (κ3) is 15.0. The molecule has 2 aromatic heterocycles. The fraction of sp³-hybridized carbons (Fsp3) is 0.455. The molecule has 2 amide bonds. The Morgan fingerprint density at radius 3 is 1.26 bits per heavy atom. The number of pyridine rings is 2. The van der Waals surface area contributed by atoms with Gasteiger partial charge in [-0.2, -0.15) is 0 Å². The molecule has 2 rings (SSSR count). The largest absolute Gasteiger partial charge is 2.00 e. The predicted molar refractivity (Wildman–Crippen MR) is 123 cm³/mol. The van der Waals surface area contributed by atoms with Gasteiger partial charge >= 0.3 is 28.7 Å². The van der Waals surface area contributed by atoms with E-state index in [0.29, 0.717) is 24.6 Å². The minimum absolute atomic E-state index is 0. The summed E-state index contributed by atoms with van der Waals surface area (Å²) < 4.78 is 10.4. The molecule has 0 aliphatic heterocycles. The van der Waals surface area contributed by atoms with Crippen molar-refractivity contribution in [1.82, 2.24) is 29.6 Å². The number of aromatic nitrogens is 2. The van der Waals surface area contributed by atoms with Gasteiger partial charge in [-0.05, 0) is 52.5 Å². The van der Waals surface area contributed by atoms with Crippen LogP contribution in [0, 0.1) is 0 Å². The Morgan fingerprint density at radius 2 is 1.00 bits per heavy atom. The molecule has 2 aromatic rings. The van der Waals surface area contributed by atoms with Gasteiger partial charge in [-0.3, -0.25) is 9.97 Å². The molecule has 200 valence electrons. The molecule has 0 atom stereocenters. The van der Waals surface area contributed by atoms with E-state index in [1.165, 1.54) is 9.80 Å². The summed E-state index contributed by atoms with van der Waals surface area (Å²) in [6, 6.07) is 6.98. The molecule has 0 radical (unpaired) electrons. The van der Waals surface area contributed by atoms with Gasteiger partial charge in [0.1, 0.15) is 0 Å². The first kappa shape index (κ1) is 37.8. The van der Waals surface area contributed by atoms with Crippen molar-refractivity contribution in [2.24, 2.45) is 0 Å². The maximum absolute atomic E-state index is 11.4. The van der Waals surface area contributed by atoms with Crippen molar-refractivity contribution in [3.05, 3.63) is 48.0 Å². The minimum atomic E-state index is -0.395. The molecule has 0 saturated heterocycles. The van der Waals surface area contributed by atoms with Gasteiger partial charge in [-0.15, -0.1) is 0 Å². The van der Waals surface area contributed by atoms with Crippen molar-refractivity contribution in [3.63, 3.8) is 0 Å². The smallest absolute Gasteiger partial charge is 1.00 e. The molecular weight excluding hydrogens is 631 g/mol. The molecule has 10 nitrogen and oxygen atoms in total. The summed E-state index contributed by atoms with van der Waals surface area (Å²) in [6.07, 6.45) is 2.58. The Bertz CT molecular complexity index is 817. The Hall–Kier alpha value is -1.79. The number of carbonyl (C=O) groups is 2. The molecule has 0 N–H and O–H groups in total. The molecule has 2 heterocycles. The van der Waals surface area contributed by atoms with Crippen LogP contribution in [0.1, 0.15) is 11.4 Å². The van der Waals surface area contributed by atoms with Crippen LogP contribution >= 0.6 is 0 Å². The molecule has 0 fully saturated rings. The molecule has 0 aliphatic carbocycles. The van der Waals surface area contributed by atoms with Crippen LogP contribution in [0.5, 0.6) is 11.5 Å². The zero-order chi connectivity index (χ0) is 24.3. The Labute approximate surface area is 239 Å². The summed E-state index contributed by atoms with van der Waals surface area (Å²) >= 11 is 0. The molecule has 35 heavy (non-hydrogen) atoms. The minimum Gasteiger partial charge on any atom is -1.00 e. The number of hydrogen-bond acceptors (Lipinski definition) is 8. The van der Waals surface area contributed by atoms with E-state index in [9.17, 15) is 9.59 Å². The Kier molecular flexibility index (Phi) is 20.9. The molecule has 0 bridgehead atoms.